The summed E-state index contributed by atoms with van der Waals surface area (Å²) < 4.78 is 39.9. The molecular formula is C26H32N2O6S. The van der Waals surface area contributed by atoms with Crippen LogP contribution in [0.25, 0.3) is 0 Å². The van der Waals surface area contributed by atoms with E-state index in [9.17, 15) is 18.3 Å². The van der Waals surface area contributed by atoms with Crippen molar-refractivity contribution in [1.29, 1.82) is 0 Å². The fourth-order valence-electron chi connectivity index (χ4n) is 3.76. The highest BCUT2D eigenvalue weighted by atomic mass is 32.2. The second-order valence-electron chi connectivity index (χ2n) is 8.78. The molecule has 9 heteroatoms. The lowest BCUT2D eigenvalue weighted by atomic mass is 10.0. The van der Waals surface area contributed by atoms with Gasteiger partial charge in [-0.15, -0.1) is 0 Å². The first kappa shape index (κ1) is 26.5. The maximum atomic E-state index is 13.5. The summed E-state index contributed by atoms with van der Waals surface area (Å²) in [5.74, 6) is 6.62. The van der Waals surface area contributed by atoms with E-state index in [-0.39, 0.29) is 42.2 Å². The quantitative estimate of drug-likeness (QED) is 0.633. The fourth-order valence-corrected chi connectivity index (χ4v) is 5.59. The first-order chi connectivity index (χ1) is 16.6. The van der Waals surface area contributed by atoms with Crippen LogP contribution < -0.4 is 9.47 Å². The van der Waals surface area contributed by atoms with Gasteiger partial charge in [0.05, 0.1) is 20.3 Å². The topological polar surface area (TPSA) is 96.4 Å². The van der Waals surface area contributed by atoms with Crippen LogP contribution in [0.2, 0.25) is 0 Å². The molecule has 1 aliphatic rings. The normalized spacial score (nSPS) is 20.2. The monoisotopic (exact) mass is 500 g/mol. The van der Waals surface area contributed by atoms with Crippen molar-refractivity contribution in [1.82, 2.24) is 9.21 Å². The molecule has 3 rings (SSSR count). The minimum Gasteiger partial charge on any atom is -0.497 e. The summed E-state index contributed by atoms with van der Waals surface area (Å²) in [6, 6.07) is 11.4. The minimum absolute atomic E-state index is 0.00658. The van der Waals surface area contributed by atoms with E-state index in [4.69, 9.17) is 9.47 Å². The second-order valence-corrected chi connectivity index (χ2v) is 10.6. The number of amides is 1. The van der Waals surface area contributed by atoms with E-state index in [1.54, 1.807) is 38.1 Å². The van der Waals surface area contributed by atoms with Crippen molar-refractivity contribution in [3.05, 3.63) is 53.6 Å². The molecule has 35 heavy (non-hydrogen) atoms. The molecule has 188 valence electrons. The zero-order valence-electron chi connectivity index (χ0n) is 20.7. The van der Waals surface area contributed by atoms with Gasteiger partial charge in [0, 0.05) is 43.6 Å². The van der Waals surface area contributed by atoms with Gasteiger partial charge in [-0.05, 0) is 43.3 Å². The third kappa shape index (κ3) is 6.14. The Hall–Kier alpha value is -3.06. The van der Waals surface area contributed by atoms with Crippen LogP contribution in [0.1, 0.15) is 31.9 Å². The van der Waals surface area contributed by atoms with Gasteiger partial charge in [-0.1, -0.05) is 24.8 Å². The largest absolute Gasteiger partial charge is 0.497 e. The molecular weight excluding hydrogens is 468 g/mol. The molecule has 0 bridgehead atoms. The molecule has 1 aliphatic heterocycles. The predicted octanol–water partition coefficient (Wildman–Crippen LogP) is 2.34. The maximum Gasteiger partial charge on any atom is 0.247 e. The summed E-state index contributed by atoms with van der Waals surface area (Å²) in [4.78, 5) is 13.4. The lowest BCUT2D eigenvalue weighted by molar-refractivity contribution is -0.129. The number of aliphatic hydroxyl groups excluding tert-OH is 1. The lowest BCUT2D eigenvalue weighted by Gasteiger charge is -2.37. The number of methoxy groups -OCH3 is 1. The molecule has 3 atom stereocenters. The van der Waals surface area contributed by atoms with Crippen LogP contribution in [0.3, 0.4) is 0 Å². The Bertz CT molecular complexity index is 1230. The number of carbonyl (C=O) groups excluding carboxylic acids is 1. The Morgan fingerprint density at radius 2 is 1.94 bits per heavy atom. The van der Waals surface area contributed by atoms with Crippen LogP contribution in [0.4, 0.5) is 0 Å². The first-order valence-electron chi connectivity index (χ1n) is 11.4. The number of nitrogens with zero attached hydrogens (tertiary/aromatic N) is 2. The third-order valence-corrected chi connectivity index (χ3v) is 8.10. The number of aliphatic hydroxyl groups is 1. The molecule has 0 fully saturated rings. The predicted molar refractivity (Wildman–Crippen MR) is 133 cm³/mol. The second kappa shape index (κ2) is 11.1. The number of ether oxygens (including phenoxy) is 2. The fraction of sp³-hybridized carbons (Fsp3) is 0.423. The number of benzene rings is 2. The Balaban J connectivity index is 2.07. The van der Waals surface area contributed by atoms with Crippen molar-refractivity contribution in [2.45, 2.75) is 37.8 Å². The summed E-state index contributed by atoms with van der Waals surface area (Å²) >= 11 is 0. The van der Waals surface area contributed by atoms with E-state index in [1.807, 2.05) is 31.2 Å². The van der Waals surface area contributed by atoms with E-state index < -0.39 is 22.2 Å². The molecule has 0 radical (unpaired) electrons. The van der Waals surface area contributed by atoms with Crippen LogP contribution in [0.15, 0.2) is 47.4 Å². The van der Waals surface area contributed by atoms with Gasteiger partial charge in [0.2, 0.25) is 15.9 Å². The van der Waals surface area contributed by atoms with E-state index in [1.165, 1.54) is 17.3 Å². The number of rotatable bonds is 5. The van der Waals surface area contributed by atoms with Gasteiger partial charge in [-0.3, -0.25) is 4.79 Å². The smallest absolute Gasteiger partial charge is 0.247 e. The highest BCUT2D eigenvalue weighted by molar-refractivity contribution is 7.89. The van der Waals surface area contributed by atoms with Gasteiger partial charge < -0.3 is 19.5 Å². The van der Waals surface area contributed by atoms with Crippen LogP contribution in [-0.2, 0) is 14.8 Å². The van der Waals surface area contributed by atoms with Gasteiger partial charge in [-0.2, -0.15) is 4.31 Å². The third-order valence-electron chi connectivity index (χ3n) is 6.08. The summed E-state index contributed by atoms with van der Waals surface area (Å²) in [5.41, 5.74) is 1.33. The maximum absolute atomic E-state index is 13.5. The average Bonchev–Trinajstić information content (AvgIpc) is 2.84. The van der Waals surface area contributed by atoms with Crippen molar-refractivity contribution in [2.75, 3.05) is 33.9 Å². The minimum atomic E-state index is -3.94. The molecule has 0 aliphatic carbocycles. The molecule has 0 saturated heterocycles. The van der Waals surface area contributed by atoms with Gasteiger partial charge in [0.25, 0.3) is 0 Å². The highest BCUT2D eigenvalue weighted by Gasteiger charge is 2.38. The molecule has 0 spiro atoms. The van der Waals surface area contributed by atoms with E-state index in [0.717, 1.165) is 5.56 Å². The number of sulfonamides is 1. The van der Waals surface area contributed by atoms with Gasteiger partial charge in [0.15, 0.2) is 0 Å². The Morgan fingerprint density at radius 3 is 2.57 bits per heavy atom. The first-order valence-corrected chi connectivity index (χ1v) is 12.8. The summed E-state index contributed by atoms with van der Waals surface area (Å²) in [6.07, 6.45) is -0.465. The Labute approximate surface area is 207 Å². The average molecular weight is 501 g/mol. The van der Waals surface area contributed by atoms with Crippen LogP contribution in [0.5, 0.6) is 11.5 Å². The lowest BCUT2D eigenvalue weighted by Crippen LogP contribution is -2.50. The number of likely N-dealkylation sites (N-methyl/N-ethyl adjacent to an activating group) is 1. The van der Waals surface area contributed by atoms with Crippen molar-refractivity contribution in [2.24, 2.45) is 5.92 Å². The number of fused-ring (bicyclic) bond motifs is 1. The molecule has 1 N–H and O–H groups in total. The van der Waals surface area contributed by atoms with Crippen molar-refractivity contribution >= 4 is 15.9 Å². The SMILES string of the molecule is COc1cccc(C#Cc2ccc3c(c2)O[C@H](CN(C)C(C)=O)[C@H](C)CN([C@@H](C)CO)S3(=O)=O)c1. The molecule has 2 aromatic rings. The molecule has 2 aromatic carbocycles. The number of carbonyl (C=O) groups is 1. The summed E-state index contributed by atoms with van der Waals surface area (Å²) in [6.45, 7) is 5.14. The van der Waals surface area contributed by atoms with Crippen molar-refractivity contribution in [3.8, 4) is 23.3 Å². The molecule has 1 amide bonds. The van der Waals surface area contributed by atoms with E-state index in [0.29, 0.717) is 11.3 Å². The number of hydrogen-bond acceptors (Lipinski definition) is 6. The molecule has 0 saturated carbocycles. The van der Waals surface area contributed by atoms with E-state index >= 15 is 0 Å². The van der Waals surface area contributed by atoms with Crippen LogP contribution >= 0.6 is 0 Å². The molecule has 0 aromatic heterocycles. The van der Waals surface area contributed by atoms with Gasteiger partial charge in [-0.25, -0.2) is 8.42 Å². The van der Waals surface area contributed by atoms with Gasteiger partial charge in [0.1, 0.15) is 22.5 Å². The molecule has 8 nitrogen and oxygen atoms in total. The van der Waals surface area contributed by atoms with Crippen molar-refractivity contribution < 1.29 is 27.8 Å². The number of hydrogen-bond donors (Lipinski definition) is 1. The van der Waals surface area contributed by atoms with E-state index in [2.05, 4.69) is 11.8 Å². The molecule has 1 heterocycles. The highest BCUT2D eigenvalue weighted by Crippen LogP contribution is 2.34. The zero-order chi connectivity index (χ0) is 25.8. The standard InChI is InChI=1S/C26H32N2O6S/c1-18-15-28(19(2)17-29)35(31,32)26-12-11-22(10-9-21-7-6-8-23(13-21)33-5)14-24(26)34-25(18)16-27(4)20(3)30/h6-8,11-14,18-19,25,29H,15-17H2,1-5H3/t18-,19+,25-/m1/s1. The van der Waals surface area contributed by atoms with Crippen molar-refractivity contribution in [3.63, 3.8) is 0 Å². The van der Waals surface area contributed by atoms with Crippen LogP contribution in [-0.4, -0.2) is 74.6 Å². The summed E-state index contributed by atoms with van der Waals surface area (Å²) in [7, 11) is -0.681. The summed E-state index contributed by atoms with van der Waals surface area (Å²) in [5, 5.41) is 9.74. The molecule has 0 unspecified atom stereocenters. The van der Waals surface area contributed by atoms with Gasteiger partial charge >= 0.3 is 0 Å². The van der Waals surface area contributed by atoms with Crippen LogP contribution in [0, 0.1) is 17.8 Å². The zero-order valence-corrected chi connectivity index (χ0v) is 21.5. The Kier molecular flexibility index (Phi) is 8.43. The Morgan fingerprint density at radius 1 is 1.26 bits per heavy atom.